The molecule has 0 aliphatic carbocycles. The maximum Gasteiger partial charge on any atom is 0.284 e. The van der Waals surface area contributed by atoms with Gasteiger partial charge in [-0.3, -0.25) is 0 Å². The number of fused-ring (bicyclic) bond motifs is 1. The number of nitrogens with zero attached hydrogens (tertiary/aromatic N) is 4. The summed E-state index contributed by atoms with van der Waals surface area (Å²) in [7, 11) is 1.66. The normalized spacial score (nSPS) is 11.2. The standard InChI is InChI=1S/C17H14N4O2S2/c1-22-10-9-14-18-17(25-21-14)24-16-20-19-15(23-16)13-8-4-6-11-5-2-3-7-12(11)13/h2-8H,9-10H2,1H3. The van der Waals surface area contributed by atoms with Gasteiger partial charge in [-0.05, 0) is 28.4 Å². The minimum Gasteiger partial charge on any atom is -0.411 e. The van der Waals surface area contributed by atoms with E-state index in [1.54, 1.807) is 7.11 Å². The van der Waals surface area contributed by atoms with Crippen LogP contribution in [0.25, 0.3) is 22.2 Å². The van der Waals surface area contributed by atoms with E-state index in [9.17, 15) is 0 Å². The molecular weight excluding hydrogens is 356 g/mol. The van der Waals surface area contributed by atoms with Gasteiger partial charge in [-0.15, -0.1) is 10.2 Å². The minimum absolute atomic E-state index is 0.456. The smallest absolute Gasteiger partial charge is 0.284 e. The Morgan fingerprint density at radius 2 is 2.00 bits per heavy atom. The van der Waals surface area contributed by atoms with Gasteiger partial charge in [0.05, 0.1) is 6.61 Å². The lowest BCUT2D eigenvalue weighted by Crippen LogP contribution is -1.95. The quantitative estimate of drug-likeness (QED) is 0.506. The zero-order valence-electron chi connectivity index (χ0n) is 13.4. The van der Waals surface area contributed by atoms with Gasteiger partial charge in [0.15, 0.2) is 4.34 Å². The van der Waals surface area contributed by atoms with E-state index in [0.717, 1.165) is 26.5 Å². The molecule has 0 fully saturated rings. The van der Waals surface area contributed by atoms with Gasteiger partial charge in [-0.1, -0.05) is 36.4 Å². The molecule has 6 nitrogen and oxygen atoms in total. The Balaban J connectivity index is 1.56. The number of hydrogen-bond donors (Lipinski definition) is 0. The summed E-state index contributed by atoms with van der Waals surface area (Å²) in [5.74, 6) is 1.27. The zero-order chi connectivity index (χ0) is 17.1. The van der Waals surface area contributed by atoms with Gasteiger partial charge in [0, 0.05) is 30.9 Å². The van der Waals surface area contributed by atoms with Crippen molar-refractivity contribution in [1.29, 1.82) is 0 Å². The lowest BCUT2D eigenvalue weighted by molar-refractivity contribution is 0.200. The molecule has 4 rings (SSSR count). The zero-order valence-corrected chi connectivity index (χ0v) is 15.0. The molecule has 0 N–H and O–H groups in total. The molecule has 126 valence electrons. The maximum absolute atomic E-state index is 5.83. The summed E-state index contributed by atoms with van der Waals surface area (Å²) >= 11 is 2.65. The van der Waals surface area contributed by atoms with Crippen molar-refractivity contribution < 1.29 is 9.15 Å². The summed E-state index contributed by atoms with van der Waals surface area (Å²) in [6.45, 7) is 0.604. The van der Waals surface area contributed by atoms with Crippen molar-refractivity contribution in [2.24, 2.45) is 0 Å². The summed E-state index contributed by atoms with van der Waals surface area (Å²) in [6.07, 6.45) is 0.693. The van der Waals surface area contributed by atoms with Crippen LogP contribution < -0.4 is 0 Å². The molecule has 2 aromatic carbocycles. The highest BCUT2D eigenvalue weighted by Gasteiger charge is 2.14. The molecule has 0 unspecified atom stereocenters. The molecule has 0 amide bonds. The van der Waals surface area contributed by atoms with Crippen LogP contribution in [-0.2, 0) is 11.2 Å². The second-order valence-corrected chi connectivity index (χ2v) is 7.17. The topological polar surface area (TPSA) is 73.9 Å². The average molecular weight is 370 g/mol. The van der Waals surface area contributed by atoms with Crippen LogP contribution in [0.4, 0.5) is 0 Å². The highest BCUT2D eigenvalue weighted by atomic mass is 32.2. The molecule has 2 heterocycles. The van der Waals surface area contributed by atoms with Crippen molar-refractivity contribution in [3.8, 4) is 11.5 Å². The maximum atomic E-state index is 5.83. The van der Waals surface area contributed by atoms with E-state index in [1.807, 2.05) is 24.3 Å². The van der Waals surface area contributed by atoms with Crippen LogP contribution in [0, 0.1) is 0 Å². The number of aromatic nitrogens is 4. The van der Waals surface area contributed by atoms with Crippen LogP contribution in [0.3, 0.4) is 0 Å². The van der Waals surface area contributed by atoms with Crippen LogP contribution in [0.1, 0.15) is 5.82 Å². The molecule has 0 saturated heterocycles. The molecule has 0 radical (unpaired) electrons. The molecule has 0 spiro atoms. The molecule has 8 heteroatoms. The number of hydrogen-bond acceptors (Lipinski definition) is 8. The summed E-state index contributed by atoms with van der Waals surface area (Å²) in [4.78, 5) is 4.44. The summed E-state index contributed by atoms with van der Waals surface area (Å²) < 4.78 is 15.9. The van der Waals surface area contributed by atoms with Gasteiger partial charge in [-0.2, -0.15) is 4.37 Å². The Morgan fingerprint density at radius 1 is 1.12 bits per heavy atom. The summed E-state index contributed by atoms with van der Waals surface area (Å²) in [6, 6.07) is 14.2. The van der Waals surface area contributed by atoms with E-state index in [4.69, 9.17) is 9.15 Å². The van der Waals surface area contributed by atoms with E-state index >= 15 is 0 Å². The molecule has 4 aromatic rings. The van der Waals surface area contributed by atoms with Crippen molar-refractivity contribution >= 4 is 34.1 Å². The third kappa shape index (κ3) is 3.55. The predicted octanol–water partition coefficient (Wildman–Crippen LogP) is 4.08. The van der Waals surface area contributed by atoms with Gasteiger partial charge in [-0.25, -0.2) is 4.98 Å². The van der Waals surface area contributed by atoms with Crippen molar-refractivity contribution in [3.63, 3.8) is 0 Å². The minimum atomic E-state index is 0.456. The largest absolute Gasteiger partial charge is 0.411 e. The first-order valence-corrected chi connectivity index (χ1v) is 9.23. The molecule has 2 aromatic heterocycles. The van der Waals surface area contributed by atoms with Crippen LogP contribution in [0.15, 0.2) is 56.4 Å². The highest BCUT2D eigenvalue weighted by Crippen LogP contribution is 2.32. The number of benzene rings is 2. The van der Waals surface area contributed by atoms with E-state index in [2.05, 4.69) is 37.8 Å². The van der Waals surface area contributed by atoms with E-state index < -0.39 is 0 Å². The molecule has 0 aliphatic heterocycles. The van der Waals surface area contributed by atoms with Gasteiger partial charge >= 0.3 is 0 Å². The Labute approximate surface area is 152 Å². The van der Waals surface area contributed by atoms with Crippen molar-refractivity contribution in [1.82, 2.24) is 19.6 Å². The second kappa shape index (κ2) is 7.30. The van der Waals surface area contributed by atoms with Gasteiger partial charge in [0.25, 0.3) is 5.22 Å². The van der Waals surface area contributed by atoms with Gasteiger partial charge < -0.3 is 9.15 Å². The molecule has 0 aliphatic rings. The number of methoxy groups -OCH3 is 1. The molecule has 0 atom stereocenters. The van der Waals surface area contributed by atoms with Gasteiger partial charge in [0.2, 0.25) is 5.89 Å². The van der Waals surface area contributed by atoms with Gasteiger partial charge in [0.1, 0.15) is 5.82 Å². The van der Waals surface area contributed by atoms with E-state index in [-0.39, 0.29) is 0 Å². The predicted molar refractivity (Wildman–Crippen MR) is 96.9 cm³/mol. The second-order valence-electron chi connectivity index (χ2n) is 5.22. The Bertz CT molecular complexity index is 994. The SMILES string of the molecule is COCCc1nsc(Sc2nnc(-c3cccc4ccccc34)o2)n1. The molecular formula is C17H14N4O2S2. The third-order valence-electron chi connectivity index (χ3n) is 3.58. The van der Waals surface area contributed by atoms with Crippen LogP contribution in [0.5, 0.6) is 0 Å². The first kappa shape index (κ1) is 16.2. The summed E-state index contributed by atoms with van der Waals surface area (Å²) in [5, 5.41) is 11.0. The average Bonchev–Trinajstić information content (AvgIpc) is 3.29. The molecule has 0 bridgehead atoms. The van der Waals surface area contributed by atoms with Crippen LogP contribution in [0.2, 0.25) is 0 Å². The van der Waals surface area contributed by atoms with Crippen LogP contribution in [-0.4, -0.2) is 33.3 Å². The number of ether oxygens (including phenoxy) is 1. The van der Waals surface area contributed by atoms with Crippen molar-refractivity contribution in [2.45, 2.75) is 16.0 Å². The monoisotopic (exact) mass is 370 g/mol. The Hall–Kier alpha value is -2.29. The fraction of sp³-hybridized carbons (Fsp3) is 0.176. The molecule has 0 saturated carbocycles. The fourth-order valence-corrected chi connectivity index (χ4v) is 3.86. The molecule has 25 heavy (non-hydrogen) atoms. The fourth-order valence-electron chi connectivity index (χ4n) is 2.42. The third-order valence-corrected chi connectivity index (χ3v) is 5.21. The van der Waals surface area contributed by atoms with E-state index in [0.29, 0.717) is 24.1 Å². The first-order chi connectivity index (χ1) is 12.3. The van der Waals surface area contributed by atoms with E-state index in [1.165, 1.54) is 23.3 Å². The number of rotatable bonds is 6. The van der Waals surface area contributed by atoms with Crippen molar-refractivity contribution in [3.05, 3.63) is 48.3 Å². The van der Waals surface area contributed by atoms with Crippen molar-refractivity contribution in [2.75, 3.05) is 13.7 Å². The highest BCUT2D eigenvalue weighted by molar-refractivity contribution is 8.00. The summed E-state index contributed by atoms with van der Waals surface area (Å²) in [5.41, 5.74) is 0.926. The Kier molecular flexibility index (Phi) is 4.73. The van der Waals surface area contributed by atoms with Crippen LogP contribution >= 0.6 is 23.3 Å². The Morgan fingerprint density at radius 3 is 2.92 bits per heavy atom. The lowest BCUT2D eigenvalue weighted by atomic mass is 10.0. The lowest BCUT2D eigenvalue weighted by Gasteiger charge is -2.01. The first-order valence-electron chi connectivity index (χ1n) is 7.64.